The van der Waals surface area contributed by atoms with E-state index >= 15 is 0 Å². The van der Waals surface area contributed by atoms with Crippen LogP contribution in [0, 0.1) is 0 Å². The van der Waals surface area contributed by atoms with Crippen molar-refractivity contribution in [2.45, 2.75) is 76.7 Å². The molecule has 0 unspecified atom stereocenters. The van der Waals surface area contributed by atoms with Gasteiger partial charge in [-0.05, 0) is 0 Å². The molecule has 0 N–H and O–H groups in total. The number of rotatable bonds is 4. The first-order valence-corrected chi connectivity index (χ1v) is 5.97. The molecule has 1 rings (SSSR count). The second-order valence-corrected chi connectivity index (χ2v) is 4.55. The molecule has 0 radical (unpaired) electrons. The van der Waals surface area contributed by atoms with Gasteiger partial charge in [-0.1, -0.05) is 71.1 Å². The number of unbranched alkanes of at least 4 members (excludes halogenated alkanes) is 2. The number of halogens is 1. The smallest absolute Gasteiger partial charge is 1.00 e. The van der Waals surface area contributed by atoms with Crippen LogP contribution in [0.1, 0.15) is 71.1 Å². The molecule has 0 atom stereocenters. The zero-order valence-corrected chi connectivity index (χ0v) is 12.2. The van der Waals surface area contributed by atoms with Crippen molar-refractivity contribution in [3.63, 3.8) is 0 Å². The first-order chi connectivity index (χ1) is 6.27. The van der Waals surface area contributed by atoms with E-state index in [0.29, 0.717) is 0 Å². The van der Waals surface area contributed by atoms with Gasteiger partial charge in [0.05, 0.1) is 0 Å². The Morgan fingerprint density at radius 1 is 1.00 bits per heavy atom. The van der Waals surface area contributed by atoms with Crippen LogP contribution in [0.3, 0.4) is 0 Å². The topological polar surface area (TPSA) is 23.1 Å². The number of hydrogen-bond donors (Lipinski definition) is 0. The molecule has 3 heteroatoms. The van der Waals surface area contributed by atoms with E-state index in [1.165, 1.54) is 38.5 Å². The van der Waals surface area contributed by atoms with Gasteiger partial charge in [0.25, 0.3) is 0 Å². The quantitative estimate of drug-likeness (QED) is 0.376. The van der Waals surface area contributed by atoms with Crippen molar-refractivity contribution >= 4 is 23.1 Å². The summed E-state index contributed by atoms with van der Waals surface area (Å²) < 4.78 is 0. The summed E-state index contributed by atoms with van der Waals surface area (Å²) in [6, 6.07) is 0. The molecule has 1 nitrogen and oxygen atoms in total. The van der Waals surface area contributed by atoms with Crippen LogP contribution in [0.15, 0.2) is 0 Å². The zero-order valence-electron chi connectivity index (χ0n) is 10.1. The average molecular weight is 243 g/mol. The minimum Gasteiger partial charge on any atom is -1.00 e. The van der Waals surface area contributed by atoms with E-state index in [2.05, 4.69) is 6.92 Å². The molecule has 1 fully saturated rings. The summed E-state index contributed by atoms with van der Waals surface area (Å²) in [5.41, 5.74) is -0.536. The van der Waals surface area contributed by atoms with Gasteiger partial charge in [0.1, 0.15) is 0 Å². The molecule has 0 amide bonds. The SMILES string of the molecule is CCCCCC1([O-])CCCCCC1.[Cl-].[Mg+2]. The Bertz CT molecular complexity index is 134. The van der Waals surface area contributed by atoms with Crippen molar-refractivity contribution < 1.29 is 17.5 Å². The van der Waals surface area contributed by atoms with Gasteiger partial charge in [0.2, 0.25) is 0 Å². The summed E-state index contributed by atoms with van der Waals surface area (Å²) in [4.78, 5) is 0. The van der Waals surface area contributed by atoms with Crippen LogP contribution in [0.4, 0.5) is 0 Å². The Labute approximate surface area is 117 Å². The first kappa shape index (κ1) is 18.4. The van der Waals surface area contributed by atoms with Crippen molar-refractivity contribution in [1.29, 1.82) is 0 Å². The minimum atomic E-state index is -0.536. The first-order valence-electron chi connectivity index (χ1n) is 5.97. The molecule has 1 saturated carbocycles. The monoisotopic (exact) mass is 242 g/mol. The van der Waals surface area contributed by atoms with Crippen molar-refractivity contribution in [2.24, 2.45) is 0 Å². The Morgan fingerprint density at radius 3 is 2.00 bits per heavy atom. The molecule has 0 aromatic rings. The van der Waals surface area contributed by atoms with Crippen LogP contribution in [0.25, 0.3) is 0 Å². The van der Waals surface area contributed by atoms with Crippen LogP contribution >= 0.6 is 0 Å². The van der Waals surface area contributed by atoms with E-state index in [9.17, 15) is 5.11 Å². The van der Waals surface area contributed by atoms with E-state index in [0.717, 1.165) is 25.7 Å². The molecule has 86 valence electrons. The third-order valence-corrected chi connectivity index (χ3v) is 3.25. The second kappa shape index (κ2) is 10.2. The molecule has 1 aliphatic carbocycles. The molecule has 0 heterocycles. The van der Waals surface area contributed by atoms with Crippen LogP contribution in [-0.4, -0.2) is 28.7 Å². The largest absolute Gasteiger partial charge is 2.00 e. The third kappa shape index (κ3) is 7.84. The van der Waals surface area contributed by atoms with Crippen molar-refractivity contribution in [3.8, 4) is 0 Å². The van der Waals surface area contributed by atoms with Gasteiger partial charge in [-0.25, -0.2) is 0 Å². The van der Waals surface area contributed by atoms with Crippen LogP contribution < -0.4 is 17.5 Å². The van der Waals surface area contributed by atoms with Gasteiger partial charge >= 0.3 is 23.1 Å². The summed E-state index contributed by atoms with van der Waals surface area (Å²) in [6.07, 6.45) is 11.4. The van der Waals surface area contributed by atoms with Crippen molar-refractivity contribution in [1.82, 2.24) is 0 Å². The van der Waals surface area contributed by atoms with Gasteiger partial charge in [-0.3, -0.25) is 0 Å². The van der Waals surface area contributed by atoms with E-state index < -0.39 is 5.60 Å². The normalized spacial score (nSPS) is 19.6. The van der Waals surface area contributed by atoms with Gasteiger partial charge in [0, 0.05) is 0 Å². The van der Waals surface area contributed by atoms with E-state index in [-0.39, 0.29) is 35.5 Å². The van der Waals surface area contributed by atoms with Crippen molar-refractivity contribution in [2.75, 3.05) is 0 Å². The van der Waals surface area contributed by atoms with Gasteiger partial charge in [0.15, 0.2) is 0 Å². The Balaban J connectivity index is 0. The van der Waals surface area contributed by atoms with Crippen LogP contribution in [0.5, 0.6) is 0 Å². The maximum atomic E-state index is 12.2. The van der Waals surface area contributed by atoms with Crippen LogP contribution in [-0.2, 0) is 0 Å². The molecule has 0 spiro atoms. The van der Waals surface area contributed by atoms with E-state index in [1.807, 2.05) is 0 Å². The molecule has 0 bridgehead atoms. The van der Waals surface area contributed by atoms with E-state index in [4.69, 9.17) is 0 Å². The molecule has 0 aromatic carbocycles. The Kier molecular flexibility index (Phi) is 12.5. The van der Waals surface area contributed by atoms with Crippen LogP contribution in [0.2, 0.25) is 0 Å². The summed E-state index contributed by atoms with van der Waals surface area (Å²) in [6.45, 7) is 2.20. The van der Waals surface area contributed by atoms with Crippen molar-refractivity contribution in [3.05, 3.63) is 0 Å². The predicted octanol–water partition coefficient (Wildman–Crippen LogP) is -0.357. The summed E-state index contributed by atoms with van der Waals surface area (Å²) in [5.74, 6) is 0. The predicted molar refractivity (Wildman–Crippen MR) is 60.3 cm³/mol. The Hall–Kier alpha value is 1.02. The molecular formula is C12H23ClMgO. The third-order valence-electron chi connectivity index (χ3n) is 3.25. The van der Waals surface area contributed by atoms with Gasteiger partial charge in [-0.2, -0.15) is 0 Å². The second-order valence-electron chi connectivity index (χ2n) is 4.55. The summed E-state index contributed by atoms with van der Waals surface area (Å²) in [5, 5.41) is 12.2. The summed E-state index contributed by atoms with van der Waals surface area (Å²) in [7, 11) is 0. The molecule has 0 aliphatic heterocycles. The fourth-order valence-electron chi connectivity index (χ4n) is 2.32. The molecule has 15 heavy (non-hydrogen) atoms. The summed E-state index contributed by atoms with van der Waals surface area (Å²) >= 11 is 0. The standard InChI is InChI=1S/C12H23O.ClH.Mg/c1-2-3-6-9-12(13)10-7-4-5-8-11-12;;/h2-11H2,1H3;1H;/q-1;;+2/p-1. The maximum Gasteiger partial charge on any atom is 2.00 e. The van der Waals surface area contributed by atoms with E-state index in [1.54, 1.807) is 0 Å². The number of hydrogen-bond acceptors (Lipinski definition) is 1. The van der Waals surface area contributed by atoms with Gasteiger partial charge in [-0.15, -0.1) is 5.60 Å². The fourth-order valence-corrected chi connectivity index (χ4v) is 2.32. The minimum absolute atomic E-state index is 0. The fraction of sp³-hybridized carbons (Fsp3) is 1.00. The molecular weight excluding hydrogens is 220 g/mol. The van der Waals surface area contributed by atoms with Gasteiger partial charge < -0.3 is 17.5 Å². The average Bonchev–Trinajstić information content (AvgIpc) is 2.31. The molecule has 0 saturated heterocycles. The molecule has 1 aliphatic rings. The molecule has 0 aromatic heterocycles. The zero-order chi connectivity index (χ0) is 9.57. The Morgan fingerprint density at radius 2 is 1.53 bits per heavy atom. The maximum absolute atomic E-state index is 12.2.